The van der Waals surface area contributed by atoms with E-state index in [2.05, 4.69) is 20.4 Å². The summed E-state index contributed by atoms with van der Waals surface area (Å²) in [5.74, 6) is 0.978. The number of carbonyl (C=O) groups excluding carboxylic acids is 1. The first-order chi connectivity index (χ1) is 12.6. The molecule has 1 aliphatic heterocycles. The molecule has 1 aromatic carbocycles. The molecule has 1 aliphatic carbocycles. The number of likely N-dealkylation sites (tertiary alicyclic amines) is 1. The number of nitrogens with one attached hydrogen (secondary N) is 1. The number of nitrogens with zero attached hydrogens (tertiary/aromatic N) is 3. The largest absolute Gasteiger partial charge is 0.352 e. The second-order valence-corrected chi connectivity index (χ2v) is 7.26. The van der Waals surface area contributed by atoms with Gasteiger partial charge < -0.3 is 9.84 Å². The fourth-order valence-corrected chi connectivity index (χ4v) is 3.39. The van der Waals surface area contributed by atoms with E-state index < -0.39 is 0 Å². The molecule has 1 saturated heterocycles. The van der Waals surface area contributed by atoms with Gasteiger partial charge in [0.05, 0.1) is 12.0 Å². The summed E-state index contributed by atoms with van der Waals surface area (Å²) in [6.45, 7) is 3.58. The standard InChI is InChI=1S/C19H23FN4O2/c1-12(18(25)21-16-8-9-16)24-10-2-3-14(11-24)19-22-17(23-26-19)13-4-6-15(20)7-5-13/h4-7,12,14,16H,2-3,8-11H2,1H3,(H,21,25). The Morgan fingerprint density at radius 1 is 1.31 bits per heavy atom. The Balaban J connectivity index is 1.42. The van der Waals surface area contributed by atoms with Crippen LogP contribution in [0.1, 0.15) is 44.4 Å². The number of hydrogen-bond donors (Lipinski definition) is 1. The lowest BCUT2D eigenvalue weighted by Crippen LogP contribution is -2.49. The molecule has 1 aromatic heterocycles. The first-order valence-electron chi connectivity index (χ1n) is 9.24. The second-order valence-electron chi connectivity index (χ2n) is 7.26. The van der Waals surface area contributed by atoms with Crippen molar-refractivity contribution in [1.29, 1.82) is 0 Å². The molecule has 2 fully saturated rings. The van der Waals surface area contributed by atoms with Crippen molar-refractivity contribution in [1.82, 2.24) is 20.4 Å². The van der Waals surface area contributed by atoms with Gasteiger partial charge in [-0.05, 0) is 63.4 Å². The maximum absolute atomic E-state index is 13.1. The number of hydrogen-bond acceptors (Lipinski definition) is 5. The maximum Gasteiger partial charge on any atom is 0.237 e. The highest BCUT2D eigenvalue weighted by atomic mass is 19.1. The lowest BCUT2D eigenvalue weighted by molar-refractivity contribution is -0.126. The van der Waals surface area contributed by atoms with E-state index >= 15 is 0 Å². The zero-order valence-electron chi connectivity index (χ0n) is 14.8. The van der Waals surface area contributed by atoms with E-state index in [1.165, 1.54) is 12.1 Å². The quantitative estimate of drug-likeness (QED) is 0.890. The lowest BCUT2D eigenvalue weighted by atomic mass is 9.96. The summed E-state index contributed by atoms with van der Waals surface area (Å²) in [6.07, 6.45) is 4.13. The van der Waals surface area contributed by atoms with Crippen molar-refractivity contribution in [3.05, 3.63) is 36.0 Å². The number of halogens is 1. The van der Waals surface area contributed by atoms with E-state index in [-0.39, 0.29) is 23.7 Å². The molecular formula is C19H23FN4O2. The summed E-state index contributed by atoms with van der Waals surface area (Å²) in [5.41, 5.74) is 0.728. The number of carbonyl (C=O) groups is 1. The van der Waals surface area contributed by atoms with Gasteiger partial charge in [0.2, 0.25) is 17.6 Å². The molecule has 0 bridgehead atoms. The summed E-state index contributed by atoms with van der Waals surface area (Å²) in [7, 11) is 0. The molecule has 7 heteroatoms. The van der Waals surface area contributed by atoms with Crippen LogP contribution < -0.4 is 5.32 Å². The molecule has 2 aliphatic rings. The minimum Gasteiger partial charge on any atom is -0.352 e. The first kappa shape index (κ1) is 17.1. The minimum atomic E-state index is -0.293. The van der Waals surface area contributed by atoms with Crippen molar-refractivity contribution < 1.29 is 13.7 Å². The molecule has 0 spiro atoms. The van der Waals surface area contributed by atoms with Gasteiger partial charge in [-0.3, -0.25) is 9.69 Å². The van der Waals surface area contributed by atoms with Gasteiger partial charge in [0.1, 0.15) is 5.82 Å². The summed E-state index contributed by atoms with van der Waals surface area (Å²) in [6, 6.07) is 6.27. The van der Waals surface area contributed by atoms with Gasteiger partial charge in [-0.15, -0.1) is 0 Å². The van der Waals surface area contributed by atoms with Crippen LogP contribution in [-0.4, -0.2) is 46.1 Å². The Bertz CT molecular complexity index is 772. The Morgan fingerprint density at radius 3 is 2.81 bits per heavy atom. The van der Waals surface area contributed by atoms with Gasteiger partial charge >= 0.3 is 0 Å². The highest BCUT2D eigenvalue weighted by molar-refractivity contribution is 5.81. The van der Waals surface area contributed by atoms with Crippen LogP contribution in [0, 0.1) is 5.82 Å². The van der Waals surface area contributed by atoms with Crippen molar-refractivity contribution in [3.63, 3.8) is 0 Å². The van der Waals surface area contributed by atoms with Gasteiger partial charge in [0.25, 0.3) is 0 Å². The molecule has 2 heterocycles. The highest BCUT2D eigenvalue weighted by Gasteiger charge is 2.33. The maximum atomic E-state index is 13.1. The Labute approximate surface area is 151 Å². The van der Waals surface area contributed by atoms with Crippen molar-refractivity contribution in [3.8, 4) is 11.4 Å². The first-order valence-corrected chi connectivity index (χ1v) is 9.24. The van der Waals surface area contributed by atoms with Crippen molar-refractivity contribution >= 4 is 5.91 Å². The van der Waals surface area contributed by atoms with Gasteiger partial charge in [0.15, 0.2) is 0 Å². The van der Waals surface area contributed by atoms with Crippen LogP contribution in [0.2, 0.25) is 0 Å². The molecule has 1 saturated carbocycles. The molecule has 0 radical (unpaired) electrons. The van der Waals surface area contributed by atoms with Gasteiger partial charge in [-0.25, -0.2) is 4.39 Å². The van der Waals surface area contributed by atoms with Crippen LogP contribution >= 0.6 is 0 Å². The van der Waals surface area contributed by atoms with E-state index in [9.17, 15) is 9.18 Å². The molecule has 2 unspecified atom stereocenters. The molecule has 1 amide bonds. The number of rotatable bonds is 5. The van der Waals surface area contributed by atoms with Gasteiger partial charge in [-0.2, -0.15) is 4.98 Å². The third-order valence-electron chi connectivity index (χ3n) is 5.20. The Morgan fingerprint density at radius 2 is 2.08 bits per heavy atom. The molecule has 6 nitrogen and oxygen atoms in total. The molecule has 26 heavy (non-hydrogen) atoms. The van der Waals surface area contributed by atoms with Crippen molar-refractivity contribution in [2.45, 2.75) is 50.6 Å². The van der Waals surface area contributed by atoms with Crippen LogP contribution in [0.15, 0.2) is 28.8 Å². The second kappa shape index (κ2) is 7.15. The van der Waals surface area contributed by atoms with E-state index in [1.54, 1.807) is 12.1 Å². The third-order valence-corrected chi connectivity index (χ3v) is 5.20. The Kier molecular flexibility index (Phi) is 4.72. The zero-order valence-corrected chi connectivity index (χ0v) is 14.8. The fourth-order valence-electron chi connectivity index (χ4n) is 3.39. The predicted molar refractivity (Wildman–Crippen MR) is 93.9 cm³/mol. The topological polar surface area (TPSA) is 71.3 Å². The average Bonchev–Trinajstić information content (AvgIpc) is 3.33. The molecule has 4 rings (SSSR count). The number of benzene rings is 1. The normalized spacial score (nSPS) is 22.2. The summed E-state index contributed by atoms with van der Waals surface area (Å²) in [5, 5.41) is 7.11. The van der Waals surface area contributed by atoms with Crippen LogP contribution in [0.3, 0.4) is 0 Å². The van der Waals surface area contributed by atoms with Crippen molar-refractivity contribution in [2.75, 3.05) is 13.1 Å². The summed E-state index contributed by atoms with van der Waals surface area (Å²) in [4.78, 5) is 19.0. The highest BCUT2D eigenvalue weighted by Crippen LogP contribution is 2.29. The van der Waals surface area contributed by atoms with Crippen molar-refractivity contribution in [2.24, 2.45) is 0 Å². The number of aromatic nitrogens is 2. The Hall–Kier alpha value is -2.28. The predicted octanol–water partition coefficient (Wildman–Crippen LogP) is 2.72. The number of amides is 1. The molecular weight excluding hydrogens is 335 g/mol. The molecule has 2 atom stereocenters. The van der Waals surface area contributed by atoms with E-state index in [4.69, 9.17) is 4.52 Å². The van der Waals surface area contributed by atoms with Crippen LogP contribution in [0.5, 0.6) is 0 Å². The molecule has 2 aromatic rings. The average molecular weight is 358 g/mol. The van der Waals surface area contributed by atoms with Gasteiger partial charge in [-0.1, -0.05) is 5.16 Å². The zero-order chi connectivity index (χ0) is 18.1. The smallest absolute Gasteiger partial charge is 0.237 e. The minimum absolute atomic E-state index is 0.102. The molecule has 138 valence electrons. The van der Waals surface area contributed by atoms with E-state index in [0.717, 1.165) is 44.3 Å². The fraction of sp³-hybridized carbons (Fsp3) is 0.526. The van der Waals surface area contributed by atoms with Crippen LogP contribution in [0.4, 0.5) is 4.39 Å². The van der Waals surface area contributed by atoms with Gasteiger partial charge in [0, 0.05) is 18.2 Å². The lowest BCUT2D eigenvalue weighted by Gasteiger charge is -2.34. The monoisotopic (exact) mass is 358 g/mol. The number of piperidine rings is 1. The summed E-state index contributed by atoms with van der Waals surface area (Å²) < 4.78 is 18.5. The SMILES string of the molecule is CC(C(=O)NC1CC1)N1CCCC(c2nc(-c3ccc(F)cc3)no2)C1. The van der Waals surface area contributed by atoms with E-state index in [1.807, 2.05) is 6.92 Å². The van der Waals surface area contributed by atoms with E-state index in [0.29, 0.717) is 17.8 Å². The third kappa shape index (κ3) is 3.77. The summed E-state index contributed by atoms with van der Waals surface area (Å²) >= 11 is 0. The van der Waals surface area contributed by atoms with Crippen LogP contribution in [-0.2, 0) is 4.79 Å². The molecule has 1 N–H and O–H groups in total. The van der Waals surface area contributed by atoms with Crippen LogP contribution in [0.25, 0.3) is 11.4 Å².